The number of aliphatic carboxylic acids is 2. The third-order valence-electron chi connectivity index (χ3n) is 4.57. The van der Waals surface area contributed by atoms with E-state index < -0.39 is 36.3 Å². The summed E-state index contributed by atoms with van der Waals surface area (Å²) >= 11 is 0. The molecule has 0 amide bonds. The SMILES string of the molecule is C=C1CCN(C(CC(=O)O)(C(=O)O)C(Oc2ccccc2)C(O)O)CC1. The van der Waals surface area contributed by atoms with Crippen LogP contribution in [-0.2, 0) is 9.59 Å². The number of likely N-dealkylation sites (tertiary alicyclic amines) is 1. The van der Waals surface area contributed by atoms with Gasteiger partial charge in [-0.3, -0.25) is 14.5 Å². The van der Waals surface area contributed by atoms with Gasteiger partial charge in [-0.2, -0.15) is 0 Å². The molecule has 0 bridgehead atoms. The average Bonchev–Trinajstić information content (AvgIpc) is 2.59. The van der Waals surface area contributed by atoms with Crippen molar-refractivity contribution in [2.45, 2.75) is 37.2 Å². The predicted molar refractivity (Wildman–Crippen MR) is 91.7 cm³/mol. The molecule has 2 rings (SSSR count). The molecule has 1 aromatic rings. The number of nitrogens with zero attached hydrogens (tertiary/aromatic N) is 1. The van der Waals surface area contributed by atoms with Gasteiger partial charge in [0.15, 0.2) is 17.9 Å². The van der Waals surface area contributed by atoms with Crippen molar-refractivity contribution < 1.29 is 34.8 Å². The average molecular weight is 365 g/mol. The van der Waals surface area contributed by atoms with Gasteiger partial charge < -0.3 is 25.2 Å². The third-order valence-corrected chi connectivity index (χ3v) is 4.57. The minimum Gasteiger partial charge on any atom is -0.483 e. The summed E-state index contributed by atoms with van der Waals surface area (Å²) in [5, 5.41) is 39.1. The Morgan fingerprint density at radius 1 is 1.15 bits per heavy atom. The Morgan fingerprint density at radius 2 is 1.73 bits per heavy atom. The van der Waals surface area contributed by atoms with E-state index in [4.69, 9.17) is 4.74 Å². The second kappa shape index (κ2) is 8.31. The lowest BCUT2D eigenvalue weighted by Crippen LogP contribution is -2.68. The first-order valence-electron chi connectivity index (χ1n) is 8.22. The summed E-state index contributed by atoms with van der Waals surface area (Å²) in [6, 6.07) is 8.05. The number of carboxylic acids is 2. The second-order valence-electron chi connectivity index (χ2n) is 6.30. The van der Waals surface area contributed by atoms with Crippen LogP contribution in [0.3, 0.4) is 0 Å². The number of hydrogen-bond acceptors (Lipinski definition) is 6. The lowest BCUT2D eigenvalue weighted by atomic mass is 9.83. The van der Waals surface area contributed by atoms with E-state index in [1.807, 2.05) is 0 Å². The Morgan fingerprint density at radius 3 is 2.19 bits per heavy atom. The van der Waals surface area contributed by atoms with Gasteiger partial charge in [-0.1, -0.05) is 30.4 Å². The van der Waals surface area contributed by atoms with E-state index in [1.165, 1.54) is 17.0 Å². The van der Waals surface area contributed by atoms with E-state index in [2.05, 4.69) is 6.58 Å². The molecule has 0 aliphatic carbocycles. The topological polar surface area (TPSA) is 128 Å². The summed E-state index contributed by atoms with van der Waals surface area (Å²) in [5.41, 5.74) is -1.21. The van der Waals surface area contributed by atoms with Crippen molar-refractivity contribution in [1.29, 1.82) is 0 Å². The molecule has 142 valence electrons. The maximum Gasteiger partial charge on any atom is 0.328 e. The number of para-hydroxylation sites is 1. The van der Waals surface area contributed by atoms with Crippen molar-refractivity contribution in [3.8, 4) is 5.75 Å². The Labute approximate surface area is 150 Å². The number of hydrogen-bond donors (Lipinski definition) is 4. The van der Waals surface area contributed by atoms with Crippen LogP contribution in [-0.4, -0.2) is 68.3 Å². The van der Waals surface area contributed by atoms with E-state index in [9.17, 15) is 30.0 Å². The molecule has 2 atom stereocenters. The van der Waals surface area contributed by atoms with Gasteiger partial charge in [-0.05, 0) is 25.0 Å². The Bertz CT molecular complexity index is 651. The number of piperidine rings is 1. The summed E-state index contributed by atoms with van der Waals surface area (Å²) in [7, 11) is 0. The van der Waals surface area contributed by atoms with Crippen molar-refractivity contribution in [3.05, 3.63) is 42.5 Å². The smallest absolute Gasteiger partial charge is 0.328 e. The van der Waals surface area contributed by atoms with E-state index in [1.54, 1.807) is 18.2 Å². The Kier molecular flexibility index (Phi) is 6.36. The van der Waals surface area contributed by atoms with Crippen molar-refractivity contribution in [3.63, 3.8) is 0 Å². The summed E-state index contributed by atoms with van der Waals surface area (Å²) in [6.45, 7) is 4.34. The Balaban J connectivity index is 2.48. The molecular weight excluding hydrogens is 342 g/mol. The molecular formula is C18H23NO7. The number of ether oxygens (including phenoxy) is 1. The van der Waals surface area contributed by atoms with Crippen LogP contribution in [0.2, 0.25) is 0 Å². The molecule has 2 unspecified atom stereocenters. The summed E-state index contributed by atoms with van der Waals surface area (Å²) in [4.78, 5) is 25.2. The van der Waals surface area contributed by atoms with Crippen LogP contribution in [0, 0.1) is 0 Å². The van der Waals surface area contributed by atoms with Gasteiger partial charge in [0, 0.05) is 13.1 Å². The normalized spacial score (nSPS) is 19.0. The van der Waals surface area contributed by atoms with Crippen molar-refractivity contribution in [1.82, 2.24) is 4.90 Å². The highest BCUT2D eigenvalue weighted by Gasteiger charge is 2.56. The molecule has 26 heavy (non-hydrogen) atoms. The maximum atomic E-state index is 12.2. The zero-order valence-corrected chi connectivity index (χ0v) is 14.2. The molecule has 0 saturated carbocycles. The van der Waals surface area contributed by atoms with E-state index in [0.29, 0.717) is 12.8 Å². The highest BCUT2D eigenvalue weighted by atomic mass is 16.6. The summed E-state index contributed by atoms with van der Waals surface area (Å²) in [6.07, 6.45) is -3.76. The predicted octanol–water partition coefficient (Wildman–Crippen LogP) is 0.695. The number of aliphatic hydroxyl groups is 2. The third kappa shape index (κ3) is 4.21. The first-order valence-corrected chi connectivity index (χ1v) is 8.22. The van der Waals surface area contributed by atoms with Crippen LogP contribution in [0.1, 0.15) is 19.3 Å². The van der Waals surface area contributed by atoms with Gasteiger partial charge in [-0.25, -0.2) is 0 Å². The van der Waals surface area contributed by atoms with Gasteiger partial charge in [0.2, 0.25) is 0 Å². The van der Waals surface area contributed by atoms with Gasteiger partial charge in [-0.15, -0.1) is 0 Å². The maximum absolute atomic E-state index is 12.2. The number of benzene rings is 1. The highest BCUT2D eigenvalue weighted by Crippen LogP contribution is 2.33. The Hall–Kier alpha value is -2.42. The summed E-state index contributed by atoms with van der Waals surface area (Å²) < 4.78 is 5.58. The zero-order chi connectivity index (χ0) is 19.3. The quantitative estimate of drug-likeness (QED) is 0.391. The molecule has 1 heterocycles. The number of carboxylic acid groups (broad SMARTS) is 2. The molecule has 1 aromatic carbocycles. The van der Waals surface area contributed by atoms with Crippen LogP contribution in [0.25, 0.3) is 0 Å². The molecule has 1 fully saturated rings. The molecule has 0 radical (unpaired) electrons. The monoisotopic (exact) mass is 365 g/mol. The minimum atomic E-state index is -2.20. The molecule has 1 aliphatic rings. The fraction of sp³-hybridized carbons (Fsp3) is 0.444. The first kappa shape index (κ1) is 19.9. The van der Waals surface area contributed by atoms with Crippen LogP contribution < -0.4 is 4.74 Å². The van der Waals surface area contributed by atoms with Gasteiger partial charge in [0.1, 0.15) is 5.75 Å². The van der Waals surface area contributed by atoms with Gasteiger partial charge >= 0.3 is 11.9 Å². The number of aliphatic hydroxyl groups excluding tert-OH is 1. The van der Waals surface area contributed by atoms with Crippen molar-refractivity contribution in [2.75, 3.05) is 13.1 Å². The van der Waals surface area contributed by atoms with Crippen LogP contribution in [0.4, 0.5) is 0 Å². The fourth-order valence-corrected chi connectivity index (χ4v) is 3.23. The molecule has 0 aromatic heterocycles. The lowest BCUT2D eigenvalue weighted by Gasteiger charge is -2.46. The fourth-order valence-electron chi connectivity index (χ4n) is 3.23. The first-order chi connectivity index (χ1) is 12.3. The minimum absolute atomic E-state index is 0.211. The van der Waals surface area contributed by atoms with E-state index >= 15 is 0 Å². The number of carbonyl (C=O) groups is 2. The molecule has 1 aliphatic heterocycles. The lowest BCUT2D eigenvalue weighted by molar-refractivity contribution is -0.194. The molecule has 8 heteroatoms. The zero-order valence-electron chi connectivity index (χ0n) is 14.2. The molecule has 4 N–H and O–H groups in total. The summed E-state index contributed by atoms with van der Waals surface area (Å²) in [5.74, 6) is -2.65. The number of rotatable bonds is 8. The second-order valence-corrected chi connectivity index (χ2v) is 6.30. The van der Waals surface area contributed by atoms with Gasteiger partial charge in [0.05, 0.1) is 6.42 Å². The standard InChI is InChI=1S/C18H23NO7/c1-12-7-9-19(10-8-12)18(17(24)25,11-14(20)21)15(16(22)23)26-13-5-3-2-4-6-13/h2-6,15-16,22-23H,1,7-11H2,(H,20,21)(H,24,25). The van der Waals surface area contributed by atoms with E-state index in [-0.39, 0.29) is 18.8 Å². The molecule has 8 nitrogen and oxygen atoms in total. The molecule has 0 spiro atoms. The van der Waals surface area contributed by atoms with Gasteiger partial charge in [0.25, 0.3) is 0 Å². The van der Waals surface area contributed by atoms with Crippen molar-refractivity contribution in [2.24, 2.45) is 0 Å². The largest absolute Gasteiger partial charge is 0.483 e. The van der Waals surface area contributed by atoms with Crippen LogP contribution in [0.5, 0.6) is 5.75 Å². The molecule has 1 saturated heterocycles. The van der Waals surface area contributed by atoms with Crippen LogP contribution >= 0.6 is 0 Å². The van der Waals surface area contributed by atoms with E-state index in [0.717, 1.165) is 5.57 Å². The highest BCUT2D eigenvalue weighted by molar-refractivity contribution is 5.86. The van der Waals surface area contributed by atoms with Crippen LogP contribution in [0.15, 0.2) is 42.5 Å². The van der Waals surface area contributed by atoms with Crippen molar-refractivity contribution >= 4 is 11.9 Å².